The van der Waals surface area contributed by atoms with Crippen molar-refractivity contribution in [2.45, 2.75) is 19.9 Å². The van der Waals surface area contributed by atoms with Crippen LogP contribution in [0.2, 0.25) is 0 Å². The molecule has 2 N–H and O–H groups in total. The molecule has 1 unspecified atom stereocenters. The third-order valence-corrected chi connectivity index (χ3v) is 5.69. The number of nitrogens with one attached hydrogen (secondary N) is 2. The summed E-state index contributed by atoms with van der Waals surface area (Å²) in [6.45, 7) is 5.43. The zero-order chi connectivity index (χ0) is 21.2. The summed E-state index contributed by atoms with van der Waals surface area (Å²) in [5, 5.41) is 8.32. The van der Waals surface area contributed by atoms with Gasteiger partial charge in [-0.2, -0.15) is 5.10 Å². The Morgan fingerprint density at radius 2 is 2.00 bits per heavy atom. The molecule has 5 rings (SSSR count). The van der Waals surface area contributed by atoms with Crippen LogP contribution in [0.1, 0.15) is 17.9 Å². The van der Waals surface area contributed by atoms with Crippen molar-refractivity contribution in [3.8, 4) is 5.69 Å². The molecule has 0 aliphatic carbocycles. The van der Waals surface area contributed by atoms with Crippen LogP contribution in [0, 0.1) is 12.8 Å². The lowest BCUT2D eigenvalue weighted by Gasteiger charge is -2.16. The van der Waals surface area contributed by atoms with E-state index in [9.17, 15) is 4.79 Å². The Bertz CT molecular complexity index is 1250. The normalized spacial score (nSPS) is 16.7. The molecule has 1 aliphatic heterocycles. The van der Waals surface area contributed by atoms with E-state index >= 15 is 0 Å². The number of benzene rings is 1. The first-order chi connectivity index (χ1) is 15.2. The predicted molar refractivity (Wildman–Crippen MR) is 120 cm³/mol. The highest BCUT2D eigenvalue weighted by Crippen LogP contribution is 2.19. The van der Waals surface area contributed by atoms with Gasteiger partial charge in [-0.3, -0.25) is 9.69 Å². The van der Waals surface area contributed by atoms with Crippen molar-refractivity contribution in [1.29, 1.82) is 0 Å². The quantitative estimate of drug-likeness (QED) is 0.503. The predicted octanol–water partition coefficient (Wildman–Crippen LogP) is 2.75. The van der Waals surface area contributed by atoms with Crippen molar-refractivity contribution in [2.24, 2.45) is 5.92 Å². The fourth-order valence-electron chi connectivity index (χ4n) is 4.12. The van der Waals surface area contributed by atoms with Gasteiger partial charge in [-0.05, 0) is 50.1 Å². The monoisotopic (exact) mass is 415 g/mol. The smallest absolute Gasteiger partial charge is 0.262 e. The number of nitrogens with zero attached hydrogens (tertiary/aromatic N) is 5. The van der Waals surface area contributed by atoms with Crippen LogP contribution in [0.3, 0.4) is 0 Å². The molecule has 31 heavy (non-hydrogen) atoms. The van der Waals surface area contributed by atoms with E-state index in [0.29, 0.717) is 29.3 Å². The van der Waals surface area contributed by atoms with Crippen LogP contribution in [0.4, 0.5) is 5.82 Å². The molecule has 1 aliphatic rings. The lowest BCUT2D eigenvalue weighted by atomic mass is 10.1. The first-order valence-electron chi connectivity index (χ1n) is 10.6. The number of aromatic nitrogens is 5. The van der Waals surface area contributed by atoms with Gasteiger partial charge in [0, 0.05) is 18.8 Å². The zero-order valence-electron chi connectivity index (χ0n) is 17.5. The molecular weight excluding hydrogens is 390 g/mol. The summed E-state index contributed by atoms with van der Waals surface area (Å²) in [7, 11) is 0. The summed E-state index contributed by atoms with van der Waals surface area (Å²) < 4.78 is 1.72. The van der Waals surface area contributed by atoms with E-state index in [4.69, 9.17) is 4.98 Å². The average Bonchev–Trinajstić information content (AvgIpc) is 3.40. The van der Waals surface area contributed by atoms with Gasteiger partial charge in [-0.1, -0.05) is 24.3 Å². The molecule has 1 fully saturated rings. The van der Waals surface area contributed by atoms with E-state index in [-0.39, 0.29) is 5.56 Å². The van der Waals surface area contributed by atoms with Crippen LogP contribution in [0.5, 0.6) is 0 Å². The molecule has 0 saturated carbocycles. The Kier molecular flexibility index (Phi) is 5.21. The highest BCUT2D eigenvalue weighted by atomic mass is 16.1. The fourth-order valence-corrected chi connectivity index (χ4v) is 4.12. The van der Waals surface area contributed by atoms with E-state index in [2.05, 4.69) is 25.3 Å². The summed E-state index contributed by atoms with van der Waals surface area (Å²) >= 11 is 0. The summed E-state index contributed by atoms with van der Waals surface area (Å²) in [6.07, 6.45) is 2.68. The molecule has 0 radical (unpaired) electrons. The van der Waals surface area contributed by atoms with Crippen molar-refractivity contribution in [3.05, 3.63) is 76.6 Å². The number of H-pyrrole nitrogens is 1. The summed E-state index contributed by atoms with van der Waals surface area (Å²) in [5.41, 5.74) is 2.34. The Hall–Kier alpha value is -3.52. The van der Waals surface area contributed by atoms with Crippen LogP contribution < -0.4 is 10.9 Å². The van der Waals surface area contributed by atoms with E-state index in [1.54, 1.807) is 10.9 Å². The van der Waals surface area contributed by atoms with Gasteiger partial charge in [0.15, 0.2) is 5.65 Å². The molecule has 0 bridgehead atoms. The zero-order valence-corrected chi connectivity index (χ0v) is 17.5. The first kappa shape index (κ1) is 19.4. The number of fused-ring (bicyclic) bond motifs is 1. The number of hydrogen-bond acceptors (Lipinski definition) is 6. The topological polar surface area (TPSA) is 91.7 Å². The number of hydrogen-bond donors (Lipinski definition) is 2. The lowest BCUT2D eigenvalue weighted by molar-refractivity contribution is 0.310. The van der Waals surface area contributed by atoms with Crippen LogP contribution in [-0.4, -0.2) is 49.3 Å². The van der Waals surface area contributed by atoms with Gasteiger partial charge >= 0.3 is 0 Å². The molecule has 4 aromatic rings. The highest BCUT2D eigenvalue weighted by molar-refractivity contribution is 5.75. The third kappa shape index (κ3) is 4.20. The van der Waals surface area contributed by atoms with Crippen LogP contribution in [-0.2, 0) is 6.54 Å². The molecule has 0 amide bonds. The molecule has 4 heterocycles. The van der Waals surface area contributed by atoms with Crippen LogP contribution >= 0.6 is 0 Å². The van der Waals surface area contributed by atoms with Crippen LogP contribution in [0.15, 0.2) is 59.5 Å². The standard InChI is InChI=1S/C23H25N7O/c1-16-6-5-9-20(26-16)24-12-17-10-11-29(14-17)15-21-27-22-19(23(31)28-21)13-25-30(22)18-7-3-2-4-8-18/h2-9,13,17H,10-12,14-15H2,1H3,(H,24,26)(H,27,28,31). The summed E-state index contributed by atoms with van der Waals surface area (Å²) in [6, 6.07) is 15.8. The van der Waals surface area contributed by atoms with Gasteiger partial charge in [0.05, 0.1) is 18.4 Å². The van der Waals surface area contributed by atoms with Crippen molar-refractivity contribution in [3.63, 3.8) is 0 Å². The Labute approximate surface area is 180 Å². The van der Waals surface area contributed by atoms with Gasteiger partial charge in [-0.25, -0.2) is 14.6 Å². The van der Waals surface area contributed by atoms with Crippen molar-refractivity contribution >= 4 is 16.9 Å². The maximum atomic E-state index is 12.6. The van der Waals surface area contributed by atoms with Crippen LogP contribution in [0.25, 0.3) is 16.7 Å². The Morgan fingerprint density at radius 1 is 1.13 bits per heavy atom. The van der Waals surface area contributed by atoms with Crippen molar-refractivity contribution < 1.29 is 0 Å². The molecule has 158 valence electrons. The van der Waals surface area contributed by atoms with Gasteiger partial charge in [0.1, 0.15) is 17.0 Å². The Balaban J connectivity index is 1.28. The number of pyridine rings is 1. The van der Waals surface area contributed by atoms with E-state index < -0.39 is 0 Å². The molecule has 0 spiro atoms. The van der Waals surface area contributed by atoms with E-state index in [0.717, 1.165) is 43.3 Å². The highest BCUT2D eigenvalue weighted by Gasteiger charge is 2.23. The van der Waals surface area contributed by atoms with Crippen molar-refractivity contribution in [1.82, 2.24) is 29.6 Å². The lowest BCUT2D eigenvalue weighted by Crippen LogP contribution is -2.25. The minimum absolute atomic E-state index is 0.148. The Morgan fingerprint density at radius 3 is 2.84 bits per heavy atom. The number of anilines is 1. The molecule has 8 heteroatoms. The average molecular weight is 416 g/mol. The second kappa shape index (κ2) is 8.31. The summed E-state index contributed by atoms with van der Waals surface area (Å²) in [4.78, 5) is 27.1. The molecule has 1 saturated heterocycles. The van der Waals surface area contributed by atoms with E-state index in [1.165, 1.54) is 0 Å². The van der Waals surface area contributed by atoms with Gasteiger partial charge in [-0.15, -0.1) is 0 Å². The largest absolute Gasteiger partial charge is 0.370 e. The van der Waals surface area contributed by atoms with Crippen molar-refractivity contribution in [2.75, 3.05) is 25.0 Å². The van der Waals surface area contributed by atoms with Gasteiger partial charge in [0.25, 0.3) is 5.56 Å². The second-order valence-electron chi connectivity index (χ2n) is 8.08. The minimum Gasteiger partial charge on any atom is -0.370 e. The molecule has 1 aromatic carbocycles. The maximum absolute atomic E-state index is 12.6. The van der Waals surface area contributed by atoms with Gasteiger partial charge in [0.2, 0.25) is 0 Å². The fraction of sp³-hybridized carbons (Fsp3) is 0.304. The maximum Gasteiger partial charge on any atom is 0.262 e. The van der Waals surface area contributed by atoms with Gasteiger partial charge < -0.3 is 10.3 Å². The first-order valence-corrected chi connectivity index (χ1v) is 10.6. The number of para-hydroxylation sites is 1. The number of likely N-dealkylation sites (tertiary alicyclic amines) is 1. The number of rotatable bonds is 6. The number of aromatic amines is 1. The SMILES string of the molecule is Cc1cccc(NCC2CCN(Cc3nc4c(cnn4-c4ccccc4)c(=O)[nH]3)C2)n1. The third-order valence-electron chi connectivity index (χ3n) is 5.69. The molecule has 3 aromatic heterocycles. The molecule has 8 nitrogen and oxygen atoms in total. The molecular formula is C23H25N7O. The minimum atomic E-state index is -0.148. The summed E-state index contributed by atoms with van der Waals surface area (Å²) in [5.74, 6) is 2.13. The second-order valence-corrected chi connectivity index (χ2v) is 8.08. The molecule has 1 atom stereocenters. The number of aryl methyl sites for hydroxylation is 1. The van der Waals surface area contributed by atoms with E-state index in [1.807, 2.05) is 55.5 Å².